The topological polar surface area (TPSA) is 45.6 Å². The summed E-state index contributed by atoms with van der Waals surface area (Å²) in [5.41, 5.74) is 3.35. The predicted molar refractivity (Wildman–Crippen MR) is 133 cm³/mol. The number of piperazine rings is 1. The monoisotopic (exact) mass is 445 g/mol. The van der Waals surface area contributed by atoms with Crippen LogP contribution < -0.4 is 10.5 Å². The molecule has 4 aromatic rings. The molecule has 1 amide bonds. The van der Waals surface area contributed by atoms with Gasteiger partial charge < -0.3 is 14.4 Å². The van der Waals surface area contributed by atoms with Crippen molar-refractivity contribution < 1.29 is 4.79 Å². The van der Waals surface area contributed by atoms with Crippen molar-refractivity contribution in [3.8, 4) is 0 Å². The summed E-state index contributed by atoms with van der Waals surface area (Å²) < 4.78 is 2.70. The van der Waals surface area contributed by atoms with Crippen molar-refractivity contribution in [2.45, 2.75) is 33.4 Å². The van der Waals surface area contributed by atoms with Crippen molar-refractivity contribution in [3.05, 3.63) is 75.4 Å². The Bertz CT molecular complexity index is 1390. The Kier molecular flexibility index (Phi) is 5.25. The maximum absolute atomic E-state index is 13.4. The third-order valence-corrected chi connectivity index (χ3v) is 7.58. The minimum atomic E-state index is -0.0193. The Hall–Kier alpha value is -3.12. The van der Waals surface area contributed by atoms with Gasteiger partial charge >= 0.3 is 0 Å². The maximum Gasteiger partial charge on any atom is 0.264 e. The number of aryl methyl sites for hydroxylation is 2. The average Bonchev–Trinajstić information content (AvgIpc) is 3.25. The van der Waals surface area contributed by atoms with E-state index in [2.05, 4.69) is 43.0 Å². The van der Waals surface area contributed by atoms with Gasteiger partial charge in [0.1, 0.15) is 0 Å². The first kappa shape index (κ1) is 20.8. The van der Waals surface area contributed by atoms with Crippen molar-refractivity contribution in [1.82, 2.24) is 9.47 Å². The fraction of sp³-hybridized carbons (Fsp3) is 0.308. The Balaban J connectivity index is 1.46. The normalized spacial score (nSPS) is 16.8. The van der Waals surface area contributed by atoms with Crippen LogP contribution in [-0.4, -0.2) is 41.1 Å². The van der Waals surface area contributed by atoms with Gasteiger partial charge in [-0.05, 0) is 50.6 Å². The van der Waals surface area contributed by atoms with E-state index in [1.807, 2.05) is 36.1 Å². The molecule has 6 heteroatoms. The lowest BCUT2D eigenvalue weighted by molar-refractivity contribution is 0.0731. The van der Waals surface area contributed by atoms with Crippen molar-refractivity contribution in [2.75, 3.05) is 24.5 Å². The summed E-state index contributed by atoms with van der Waals surface area (Å²) in [6.07, 6.45) is 0. The van der Waals surface area contributed by atoms with E-state index in [4.69, 9.17) is 0 Å². The molecule has 2 aromatic carbocycles. The molecule has 164 valence electrons. The van der Waals surface area contributed by atoms with Gasteiger partial charge in [0, 0.05) is 48.0 Å². The van der Waals surface area contributed by atoms with Gasteiger partial charge in [0.15, 0.2) is 0 Å². The van der Waals surface area contributed by atoms with E-state index >= 15 is 0 Å². The van der Waals surface area contributed by atoms with Crippen molar-refractivity contribution in [1.29, 1.82) is 0 Å². The van der Waals surface area contributed by atoms with E-state index in [-0.39, 0.29) is 17.5 Å². The van der Waals surface area contributed by atoms with Crippen LogP contribution in [-0.2, 0) is 6.54 Å². The molecule has 2 aromatic heterocycles. The molecule has 1 aliphatic rings. The third-order valence-electron chi connectivity index (χ3n) is 6.42. The zero-order valence-corrected chi connectivity index (χ0v) is 19.5. The maximum atomic E-state index is 13.4. The molecule has 3 heterocycles. The van der Waals surface area contributed by atoms with Crippen LogP contribution in [0.5, 0.6) is 0 Å². The van der Waals surface area contributed by atoms with Gasteiger partial charge in [-0.2, -0.15) is 0 Å². The molecule has 32 heavy (non-hydrogen) atoms. The largest absolute Gasteiger partial charge is 0.365 e. The van der Waals surface area contributed by atoms with E-state index in [0.717, 1.165) is 22.1 Å². The number of rotatable bonds is 3. The summed E-state index contributed by atoms with van der Waals surface area (Å²) in [6, 6.07) is 18.5. The van der Waals surface area contributed by atoms with E-state index in [1.54, 1.807) is 10.6 Å². The summed E-state index contributed by atoms with van der Waals surface area (Å²) in [4.78, 5) is 31.5. The number of amides is 1. The molecule has 1 fully saturated rings. The van der Waals surface area contributed by atoms with Gasteiger partial charge in [-0.15, -0.1) is 11.3 Å². The second-order valence-electron chi connectivity index (χ2n) is 8.55. The molecule has 0 radical (unpaired) electrons. The second-order valence-corrected chi connectivity index (χ2v) is 9.60. The Labute approximate surface area is 191 Å². The van der Waals surface area contributed by atoms with Gasteiger partial charge in [-0.3, -0.25) is 9.59 Å². The van der Waals surface area contributed by atoms with Crippen molar-refractivity contribution >= 4 is 43.9 Å². The van der Waals surface area contributed by atoms with Crippen LogP contribution in [0.2, 0.25) is 0 Å². The van der Waals surface area contributed by atoms with Crippen LogP contribution in [0.1, 0.15) is 29.1 Å². The first-order chi connectivity index (χ1) is 15.5. The molecule has 0 spiro atoms. The number of carbonyl (C=O) groups is 1. The highest BCUT2D eigenvalue weighted by Crippen LogP contribution is 2.32. The number of thiophene rings is 1. The summed E-state index contributed by atoms with van der Waals surface area (Å²) in [5, 5.41) is 1.68. The first-order valence-electron chi connectivity index (χ1n) is 11.2. The van der Waals surface area contributed by atoms with E-state index in [1.165, 1.54) is 22.6 Å². The molecule has 1 aliphatic heterocycles. The smallest absolute Gasteiger partial charge is 0.264 e. The van der Waals surface area contributed by atoms with Crippen LogP contribution in [0.25, 0.3) is 21.0 Å². The standard InChI is InChI=1S/C26H27N3O2S/c1-4-28-22-11-6-5-10-20(22)24-21(25(28)30)15-23(32-24)26(31)27-12-13-29(18(3)16-27)19-9-7-8-17(2)14-19/h5-11,14-15,18H,4,12-13,16H2,1-3H3/t18-/m1/s1. The quantitative estimate of drug-likeness (QED) is 0.451. The van der Waals surface area contributed by atoms with Crippen LogP contribution in [0, 0.1) is 6.92 Å². The third kappa shape index (κ3) is 3.39. The summed E-state index contributed by atoms with van der Waals surface area (Å²) in [6.45, 7) is 8.99. The number of para-hydroxylation sites is 1. The highest BCUT2D eigenvalue weighted by Gasteiger charge is 2.29. The lowest BCUT2D eigenvalue weighted by atomic mass is 10.1. The Morgan fingerprint density at radius 2 is 1.88 bits per heavy atom. The summed E-state index contributed by atoms with van der Waals surface area (Å²) in [5.74, 6) is 0.0217. The number of nitrogens with zero attached hydrogens (tertiary/aromatic N) is 3. The summed E-state index contributed by atoms with van der Waals surface area (Å²) in [7, 11) is 0. The predicted octanol–water partition coefficient (Wildman–Crippen LogP) is 4.90. The van der Waals surface area contributed by atoms with Crippen LogP contribution in [0.15, 0.2) is 59.4 Å². The Morgan fingerprint density at radius 3 is 2.62 bits per heavy atom. The highest BCUT2D eigenvalue weighted by atomic mass is 32.1. The fourth-order valence-electron chi connectivity index (χ4n) is 4.81. The zero-order chi connectivity index (χ0) is 22.4. The number of hydrogen-bond donors (Lipinski definition) is 0. The second kappa shape index (κ2) is 8.10. The van der Waals surface area contributed by atoms with E-state index < -0.39 is 0 Å². The SMILES string of the molecule is CCn1c(=O)c2cc(C(=O)N3CCN(c4cccc(C)c4)[C@H](C)C3)sc2c2ccccc21. The molecule has 1 atom stereocenters. The molecule has 0 N–H and O–H groups in total. The lowest BCUT2D eigenvalue weighted by Crippen LogP contribution is -2.53. The number of anilines is 1. The molecule has 0 bridgehead atoms. The molecule has 1 saturated heterocycles. The van der Waals surface area contributed by atoms with Crippen LogP contribution >= 0.6 is 11.3 Å². The number of fused-ring (bicyclic) bond motifs is 3. The Morgan fingerprint density at radius 1 is 1.06 bits per heavy atom. The number of carbonyl (C=O) groups excluding carboxylic acids is 1. The molecule has 0 aliphatic carbocycles. The molecular weight excluding hydrogens is 418 g/mol. The van der Waals surface area contributed by atoms with Crippen LogP contribution in [0.4, 0.5) is 5.69 Å². The van der Waals surface area contributed by atoms with Gasteiger partial charge in [0.05, 0.1) is 15.8 Å². The molecule has 0 saturated carbocycles. The van der Waals surface area contributed by atoms with E-state index in [9.17, 15) is 9.59 Å². The fourth-order valence-corrected chi connectivity index (χ4v) is 5.97. The molecular formula is C26H27N3O2S. The molecule has 0 unspecified atom stereocenters. The first-order valence-corrected chi connectivity index (χ1v) is 12.0. The van der Waals surface area contributed by atoms with Crippen molar-refractivity contribution in [2.24, 2.45) is 0 Å². The van der Waals surface area contributed by atoms with Crippen molar-refractivity contribution in [3.63, 3.8) is 0 Å². The number of pyridine rings is 1. The lowest BCUT2D eigenvalue weighted by Gasteiger charge is -2.41. The van der Waals surface area contributed by atoms with E-state index in [0.29, 0.717) is 29.9 Å². The number of hydrogen-bond acceptors (Lipinski definition) is 4. The summed E-state index contributed by atoms with van der Waals surface area (Å²) >= 11 is 1.44. The zero-order valence-electron chi connectivity index (χ0n) is 18.7. The minimum absolute atomic E-state index is 0.0193. The molecule has 5 nitrogen and oxygen atoms in total. The van der Waals surface area contributed by atoms with Gasteiger partial charge in [0.2, 0.25) is 0 Å². The highest BCUT2D eigenvalue weighted by molar-refractivity contribution is 7.21. The van der Waals surface area contributed by atoms with Gasteiger partial charge in [-0.25, -0.2) is 0 Å². The molecule has 5 rings (SSSR count). The van der Waals surface area contributed by atoms with Crippen LogP contribution in [0.3, 0.4) is 0 Å². The number of aromatic nitrogens is 1. The number of benzene rings is 2. The van der Waals surface area contributed by atoms with Gasteiger partial charge in [0.25, 0.3) is 11.5 Å². The minimum Gasteiger partial charge on any atom is -0.365 e. The average molecular weight is 446 g/mol. The van der Waals surface area contributed by atoms with Gasteiger partial charge in [-0.1, -0.05) is 30.3 Å².